The molecule has 0 fully saturated rings. The average molecular weight is 459 g/mol. The first kappa shape index (κ1) is 22.3. The standard InChI is InChI=1S/C28H30N2O4/c31-14-6-5-13-29-20-11-12-27-19(15-20)16-21(34-27)17-30-28(32)33-18-26-24-9-3-1-7-22(24)23-8-2-4-10-25(23)26/h1-4,7-12,15,21,26,29,31H,5-6,13-14,16-18H2,(H,30,32). The van der Waals surface area contributed by atoms with Gasteiger partial charge in [-0.1, -0.05) is 48.5 Å². The van der Waals surface area contributed by atoms with E-state index in [1.807, 2.05) is 36.4 Å². The van der Waals surface area contributed by atoms with E-state index in [0.29, 0.717) is 13.2 Å². The van der Waals surface area contributed by atoms with Crippen molar-refractivity contribution in [3.63, 3.8) is 0 Å². The van der Waals surface area contributed by atoms with Crippen LogP contribution in [-0.2, 0) is 11.2 Å². The van der Waals surface area contributed by atoms with E-state index in [-0.39, 0.29) is 18.6 Å². The molecule has 1 aliphatic heterocycles. The molecule has 3 N–H and O–H groups in total. The van der Waals surface area contributed by atoms with Gasteiger partial charge in [-0.3, -0.25) is 0 Å². The fourth-order valence-electron chi connectivity index (χ4n) is 4.86. The summed E-state index contributed by atoms with van der Waals surface area (Å²) in [6.45, 7) is 1.74. The topological polar surface area (TPSA) is 79.8 Å². The molecule has 1 aliphatic carbocycles. The molecule has 0 radical (unpaired) electrons. The van der Waals surface area contributed by atoms with Crippen LogP contribution in [0.4, 0.5) is 10.5 Å². The second-order valence-corrected chi connectivity index (χ2v) is 8.83. The van der Waals surface area contributed by atoms with Gasteiger partial charge in [0.25, 0.3) is 0 Å². The number of hydrogen-bond acceptors (Lipinski definition) is 5. The summed E-state index contributed by atoms with van der Waals surface area (Å²) in [5.41, 5.74) is 7.01. The largest absolute Gasteiger partial charge is 0.488 e. The summed E-state index contributed by atoms with van der Waals surface area (Å²) in [5.74, 6) is 0.911. The van der Waals surface area contributed by atoms with Gasteiger partial charge in [0, 0.05) is 31.2 Å². The Morgan fingerprint density at radius 3 is 2.47 bits per heavy atom. The first-order chi connectivity index (χ1) is 16.7. The average Bonchev–Trinajstić information content (AvgIpc) is 3.42. The molecule has 6 heteroatoms. The van der Waals surface area contributed by atoms with Gasteiger partial charge < -0.3 is 25.2 Å². The van der Waals surface area contributed by atoms with Crippen molar-refractivity contribution in [3.8, 4) is 16.9 Å². The monoisotopic (exact) mass is 458 g/mol. The van der Waals surface area contributed by atoms with Crippen molar-refractivity contribution >= 4 is 11.8 Å². The molecule has 0 bridgehead atoms. The lowest BCUT2D eigenvalue weighted by Crippen LogP contribution is -2.35. The number of aliphatic hydroxyl groups excluding tert-OH is 1. The highest BCUT2D eigenvalue weighted by Crippen LogP contribution is 2.44. The van der Waals surface area contributed by atoms with Crippen molar-refractivity contribution in [1.82, 2.24) is 5.32 Å². The Kier molecular flexibility index (Phi) is 6.67. The SMILES string of the molecule is O=C(NCC1Cc2cc(NCCCCO)ccc2O1)OCC1c2ccccc2-c2ccccc21. The maximum Gasteiger partial charge on any atom is 0.407 e. The van der Waals surface area contributed by atoms with Crippen molar-refractivity contribution in [2.75, 3.05) is 31.6 Å². The number of anilines is 1. The lowest BCUT2D eigenvalue weighted by atomic mass is 9.98. The highest BCUT2D eigenvalue weighted by molar-refractivity contribution is 5.79. The van der Waals surface area contributed by atoms with Gasteiger partial charge in [-0.25, -0.2) is 4.79 Å². The van der Waals surface area contributed by atoms with Gasteiger partial charge in [0.1, 0.15) is 18.5 Å². The number of carbonyl (C=O) groups is 1. The molecule has 1 heterocycles. The smallest absolute Gasteiger partial charge is 0.407 e. The van der Waals surface area contributed by atoms with Crippen LogP contribution in [0.25, 0.3) is 11.1 Å². The first-order valence-corrected chi connectivity index (χ1v) is 12.0. The molecule has 6 nitrogen and oxygen atoms in total. The molecule has 5 rings (SSSR count). The second-order valence-electron chi connectivity index (χ2n) is 8.83. The Balaban J connectivity index is 1.11. The molecular weight excluding hydrogens is 428 g/mol. The number of rotatable bonds is 9. The fourth-order valence-corrected chi connectivity index (χ4v) is 4.86. The van der Waals surface area contributed by atoms with Crippen molar-refractivity contribution in [3.05, 3.63) is 83.4 Å². The minimum absolute atomic E-state index is 0.0495. The van der Waals surface area contributed by atoms with Gasteiger partial charge in [0.15, 0.2) is 0 Å². The Morgan fingerprint density at radius 2 is 1.74 bits per heavy atom. The van der Waals surface area contributed by atoms with Gasteiger partial charge in [-0.2, -0.15) is 0 Å². The highest BCUT2D eigenvalue weighted by atomic mass is 16.5. The molecule has 3 aromatic carbocycles. The minimum Gasteiger partial charge on any atom is -0.488 e. The molecule has 0 saturated heterocycles. The van der Waals surface area contributed by atoms with E-state index < -0.39 is 6.09 Å². The summed E-state index contributed by atoms with van der Waals surface area (Å²) < 4.78 is 11.6. The summed E-state index contributed by atoms with van der Waals surface area (Å²) in [4.78, 5) is 12.5. The van der Waals surface area contributed by atoms with Crippen LogP contribution in [-0.4, -0.2) is 43.6 Å². The van der Waals surface area contributed by atoms with E-state index in [2.05, 4.69) is 41.0 Å². The Bertz CT molecular complexity index is 1120. The predicted octanol–water partition coefficient (Wildman–Crippen LogP) is 4.71. The lowest BCUT2D eigenvalue weighted by Gasteiger charge is -2.16. The van der Waals surface area contributed by atoms with Crippen LogP contribution in [0.2, 0.25) is 0 Å². The third kappa shape index (κ3) is 4.73. The summed E-state index contributed by atoms with van der Waals surface area (Å²) >= 11 is 0. The summed E-state index contributed by atoms with van der Waals surface area (Å²) in [7, 11) is 0. The van der Waals surface area contributed by atoms with Gasteiger partial charge in [0.05, 0.1) is 6.54 Å². The molecular formula is C28H30N2O4. The van der Waals surface area contributed by atoms with Crippen molar-refractivity contribution in [2.45, 2.75) is 31.3 Å². The number of fused-ring (bicyclic) bond motifs is 4. The van der Waals surface area contributed by atoms with Gasteiger partial charge in [-0.05, 0) is 58.9 Å². The Labute approximate surface area is 199 Å². The fraction of sp³-hybridized carbons (Fsp3) is 0.321. The molecule has 176 valence electrons. The van der Waals surface area contributed by atoms with Gasteiger partial charge >= 0.3 is 6.09 Å². The maximum atomic E-state index is 12.5. The molecule has 1 unspecified atom stereocenters. The highest BCUT2D eigenvalue weighted by Gasteiger charge is 2.29. The number of alkyl carbamates (subject to hydrolysis) is 1. The van der Waals surface area contributed by atoms with Crippen LogP contribution in [0.3, 0.4) is 0 Å². The molecule has 3 aromatic rings. The Morgan fingerprint density at radius 1 is 1.00 bits per heavy atom. The van der Waals surface area contributed by atoms with Crippen molar-refractivity contribution in [2.24, 2.45) is 0 Å². The number of unbranched alkanes of at least 4 members (excludes halogenated alkanes) is 1. The zero-order chi connectivity index (χ0) is 23.3. The number of ether oxygens (including phenoxy) is 2. The van der Waals surface area contributed by atoms with Crippen LogP contribution in [0, 0.1) is 0 Å². The third-order valence-corrected chi connectivity index (χ3v) is 6.53. The second kappa shape index (κ2) is 10.2. The number of nitrogens with one attached hydrogen (secondary N) is 2. The number of carbonyl (C=O) groups excluding carboxylic acids is 1. The van der Waals surface area contributed by atoms with E-state index in [4.69, 9.17) is 14.6 Å². The maximum absolute atomic E-state index is 12.5. The molecule has 0 aromatic heterocycles. The van der Waals surface area contributed by atoms with Crippen molar-refractivity contribution in [1.29, 1.82) is 0 Å². The molecule has 0 saturated carbocycles. The summed E-state index contributed by atoms with van der Waals surface area (Å²) in [5, 5.41) is 15.1. The number of benzene rings is 3. The normalized spacial score (nSPS) is 15.7. The zero-order valence-electron chi connectivity index (χ0n) is 19.1. The quantitative estimate of drug-likeness (QED) is 0.405. The third-order valence-electron chi connectivity index (χ3n) is 6.53. The van der Waals surface area contributed by atoms with Crippen LogP contribution in [0.1, 0.15) is 35.4 Å². The van der Waals surface area contributed by atoms with Crippen LogP contribution in [0.15, 0.2) is 66.7 Å². The van der Waals surface area contributed by atoms with Gasteiger partial charge in [-0.15, -0.1) is 0 Å². The van der Waals surface area contributed by atoms with Crippen molar-refractivity contribution < 1.29 is 19.4 Å². The van der Waals surface area contributed by atoms with Gasteiger partial charge in [0.2, 0.25) is 0 Å². The van der Waals surface area contributed by atoms with Crippen LogP contribution in [0.5, 0.6) is 5.75 Å². The van der Waals surface area contributed by atoms with E-state index >= 15 is 0 Å². The molecule has 1 amide bonds. The molecule has 2 aliphatic rings. The van der Waals surface area contributed by atoms with E-state index in [1.165, 1.54) is 22.3 Å². The van der Waals surface area contributed by atoms with Crippen LogP contribution < -0.4 is 15.4 Å². The summed E-state index contributed by atoms with van der Waals surface area (Å²) in [6, 6.07) is 22.7. The Hall–Kier alpha value is -3.51. The van der Waals surface area contributed by atoms with E-state index in [1.54, 1.807) is 0 Å². The first-order valence-electron chi connectivity index (χ1n) is 12.0. The van der Waals surface area contributed by atoms with Crippen LogP contribution >= 0.6 is 0 Å². The molecule has 34 heavy (non-hydrogen) atoms. The number of amides is 1. The van der Waals surface area contributed by atoms with E-state index in [0.717, 1.165) is 42.8 Å². The lowest BCUT2D eigenvalue weighted by molar-refractivity contribution is 0.136. The predicted molar refractivity (Wildman–Crippen MR) is 132 cm³/mol. The minimum atomic E-state index is -0.423. The number of hydrogen-bond donors (Lipinski definition) is 3. The summed E-state index contributed by atoms with van der Waals surface area (Å²) in [6.07, 6.45) is 1.93. The zero-order valence-corrected chi connectivity index (χ0v) is 19.1. The molecule has 1 atom stereocenters. The van der Waals surface area contributed by atoms with E-state index in [9.17, 15) is 4.79 Å². The number of aliphatic hydroxyl groups is 1. The molecule has 0 spiro atoms.